The van der Waals surface area contributed by atoms with Gasteiger partial charge in [0.15, 0.2) is 11.5 Å². The molecule has 1 saturated heterocycles. The summed E-state index contributed by atoms with van der Waals surface area (Å²) in [7, 11) is -0.364. The van der Waals surface area contributed by atoms with E-state index in [2.05, 4.69) is 6.92 Å². The normalized spacial score (nSPS) is 18.0. The summed E-state index contributed by atoms with van der Waals surface area (Å²) >= 11 is 0. The molecule has 1 unspecified atom stereocenters. The summed E-state index contributed by atoms with van der Waals surface area (Å²) in [6.45, 7) is 2.58. The second-order valence-electron chi connectivity index (χ2n) is 6.39. The molecule has 0 radical (unpaired) electrons. The highest BCUT2D eigenvalue weighted by Crippen LogP contribution is 2.39. The quantitative estimate of drug-likeness (QED) is 0.771. The average molecular weight is 375 g/mol. The Morgan fingerprint density at radius 2 is 1.73 bits per heavy atom. The van der Waals surface area contributed by atoms with E-state index in [0.717, 1.165) is 30.4 Å². The maximum atomic E-state index is 13.2. The number of benzene rings is 2. The van der Waals surface area contributed by atoms with Crippen LogP contribution in [0.4, 0.5) is 0 Å². The van der Waals surface area contributed by atoms with Crippen molar-refractivity contribution in [2.75, 3.05) is 20.8 Å². The first kappa shape index (κ1) is 18.7. The Bertz CT molecular complexity index is 862. The first-order valence-corrected chi connectivity index (χ1v) is 10.3. The summed E-state index contributed by atoms with van der Waals surface area (Å²) in [6.07, 6.45) is 2.52. The predicted molar refractivity (Wildman–Crippen MR) is 101 cm³/mol. The van der Waals surface area contributed by atoms with E-state index in [1.165, 1.54) is 0 Å². The number of nitrogens with zero attached hydrogens (tertiary/aromatic N) is 1. The van der Waals surface area contributed by atoms with Gasteiger partial charge in [0.1, 0.15) is 0 Å². The Morgan fingerprint density at radius 3 is 2.35 bits per heavy atom. The largest absolute Gasteiger partial charge is 0.493 e. The van der Waals surface area contributed by atoms with Crippen LogP contribution in [-0.4, -0.2) is 33.5 Å². The SMILES string of the molecule is CCc1ccc(S(=O)(=O)N2CCCC2c2ccc(OC)c(OC)c2)cc1. The van der Waals surface area contributed by atoms with Crippen LogP contribution in [0.3, 0.4) is 0 Å². The minimum atomic E-state index is -3.53. The summed E-state index contributed by atoms with van der Waals surface area (Å²) in [5, 5.41) is 0. The highest BCUT2D eigenvalue weighted by Gasteiger charge is 2.36. The van der Waals surface area contributed by atoms with Crippen molar-refractivity contribution < 1.29 is 17.9 Å². The lowest BCUT2D eigenvalue weighted by molar-refractivity contribution is 0.351. The van der Waals surface area contributed by atoms with Crippen molar-refractivity contribution in [2.45, 2.75) is 37.1 Å². The molecule has 3 rings (SSSR count). The molecule has 1 fully saturated rings. The summed E-state index contributed by atoms with van der Waals surface area (Å²) in [5.41, 5.74) is 2.05. The van der Waals surface area contributed by atoms with Gasteiger partial charge in [-0.15, -0.1) is 0 Å². The molecule has 0 aromatic heterocycles. The van der Waals surface area contributed by atoms with Crippen molar-refractivity contribution in [2.24, 2.45) is 0 Å². The Balaban J connectivity index is 1.94. The van der Waals surface area contributed by atoms with Gasteiger partial charge in [-0.3, -0.25) is 0 Å². The Kier molecular flexibility index (Phi) is 5.53. The monoisotopic (exact) mass is 375 g/mol. The number of hydrogen-bond acceptors (Lipinski definition) is 4. The first-order chi connectivity index (χ1) is 12.5. The van der Waals surface area contributed by atoms with Crippen LogP contribution in [0.15, 0.2) is 47.4 Å². The first-order valence-electron chi connectivity index (χ1n) is 8.84. The molecule has 0 bridgehead atoms. The van der Waals surface area contributed by atoms with Crippen molar-refractivity contribution in [1.29, 1.82) is 0 Å². The van der Waals surface area contributed by atoms with Gasteiger partial charge in [-0.05, 0) is 54.7 Å². The van der Waals surface area contributed by atoms with Crippen LogP contribution in [0.5, 0.6) is 11.5 Å². The van der Waals surface area contributed by atoms with Gasteiger partial charge in [0, 0.05) is 6.54 Å². The Morgan fingerprint density at radius 1 is 1.04 bits per heavy atom. The van der Waals surface area contributed by atoms with E-state index in [9.17, 15) is 8.42 Å². The van der Waals surface area contributed by atoms with Crippen LogP contribution in [0.25, 0.3) is 0 Å². The van der Waals surface area contributed by atoms with Crippen LogP contribution in [0, 0.1) is 0 Å². The zero-order valence-electron chi connectivity index (χ0n) is 15.4. The Labute approximate surface area is 155 Å². The maximum absolute atomic E-state index is 13.2. The van der Waals surface area contributed by atoms with Gasteiger partial charge >= 0.3 is 0 Å². The lowest BCUT2D eigenvalue weighted by Gasteiger charge is -2.25. The van der Waals surface area contributed by atoms with E-state index >= 15 is 0 Å². The van der Waals surface area contributed by atoms with Crippen LogP contribution in [-0.2, 0) is 16.4 Å². The molecule has 2 aromatic carbocycles. The van der Waals surface area contributed by atoms with Gasteiger partial charge in [0.05, 0.1) is 25.2 Å². The molecular weight excluding hydrogens is 350 g/mol. The summed E-state index contributed by atoms with van der Waals surface area (Å²) in [6, 6.07) is 12.6. The van der Waals surface area contributed by atoms with Crippen LogP contribution in [0.2, 0.25) is 0 Å². The van der Waals surface area contributed by atoms with E-state index in [4.69, 9.17) is 9.47 Å². The van der Waals surface area contributed by atoms with Gasteiger partial charge in [0.25, 0.3) is 0 Å². The molecule has 1 aliphatic rings. The van der Waals surface area contributed by atoms with E-state index in [1.807, 2.05) is 30.3 Å². The number of ether oxygens (including phenoxy) is 2. The second kappa shape index (κ2) is 7.68. The molecule has 0 spiro atoms. The highest BCUT2D eigenvalue weighted by atomic mass is 32.2. The molecule has 6 heteroatoms. The molecule has 140 valence electrons. The zero-order valence-corrected chi connectivity index (χ0v) is 16.3. The number of sulfonamides is 1. The molecule has 1 atom stereocenters. The highest BCUT2D eigenvalue weighted by molar-refractivity contribution is 7.89. The van der Waals surface area contributed by atoms with Crippen LogP contribution < -0.4 is 9.47 Å². The van der Waals surface area contributed by atoms with Crippen molar-refractivity contribution in [3.8, 4) is 11.5 Å². The van der Waals surface area contributed by atoms with Gasteiger partial charge in [-0.1, -0.05) is 25.1 Å². The standard InChI is InChI=1S/C20H25NO4S/c1-4-15-7-10-17(11-8-15)26(22,23)21-13-5-6-18(21)16-9-12-19(24-2)20(14-16)25-3/h7-12,14,18H,4-6,13H2,1-3H3. The summed E-state index contributed by atoms with van der Waals surface area (Å²) in [5.74, 6) is 1.25. The van der Waals surface area contributed by atoms with Gasteiger partial charge in [-0.25, -0.2) is 8.42 Å². The molecule has 2 aromatic rings. The molecule has 0 aliphatic carbocycles. The molecule has 5 nitrogen and oxygen atoms in total. The van der Waals surface area contributed by atoms with E-state index in [1.54, 1.807) is 30.7 Å². The molecule has 0 saturated carbocycles. The fraction of sp³-hybridized carbons (Fsp3) is 0.400. The van der Waals surface area contributed by atoms with Crippen molar-refractivity contribution >= 4 is 10.0 Å². The number of aryl methyl sites for hydroxylation is 1. The van der Waals surface area contributed by atoms with Crippen molar-refractivity contribution in [1.82, 2.24) is 4.31 Å². The fourth-order valence-electron chi connectivity index (χ4n) is 3.45. The van der Waals surface area contributed by atoms with Gasteiger partial charge in [-0.2, -0.15) is 4.31 Å². The molecule has 0 N–H and O–H groups in total. The van der Waals surface area contributed by atoms with Gasteiger partial charge in [0.2, 0.25) is 10.0 Å². The lowest BCUT2D eigenvalue weighted by Crippen LogP contribution is -2.30. The van der Waals surface area contributed by atoms with E-state index in [0.29, 0.717) is 22.9 Å². The van der Waals surface area contributed by atoms with Crippen molar-refractivity contribution in [3.63, 3.8) is 0 Å². The smallest absolute Gasteiger partial charge is 0.243 e. The summed E-state index contributed by atoms with van der Waals surface area (Å²) < 4.78 is 38.6. The third kappa shape index (κ3) is 3.44. The van der Waals surface area contributed by atoms with Crippen LogP contribution in [0.1, 0.15) is 36.9 Å². The minimum absolute atomic E-state index is 0.189. The molecule has 1 heterocycles. The van der Waals surface area contributed by atoms with E-state index < -0.39 is 10.0 Å². The summed E-state index contributed by atoms with van der Waals surface area (Å²) in [4.78, 5) is 0.349. The number of rotatable bonds is 6. The number of methoxy groups -OCH3 is 2. The van der Waals surface area contributed by atoms with Gasteiger partial charge < -0.3 is 9.47 Å². The lowest BCUT2D eigenvalue weighted by atomic mass is 10.0. The van der Waals surface area contributed by atoms with E-state index in [-0.39, 0.29) is 6.04 Å². The number of hydrogen-bond donors (Lipinski definition) is 0. The topological polar surface area (TPSA) is 55.8 Å². The molecule has 26 heavy (non-hydrogen) atoms. The predicted octanol–water partition coefficient (Wildman–Crippen LogP) is 3.79. The van der Waals surface area contributed by atoms with Crippen LogP contribution >= 0.6 is 0 Å². The Hall–Kier alpha value is -2.05. The maximum Gasteiger partial charge on any atom is 0.243 e. The molecule has 1 aliphatic heterocycles. The fourth-order valence-corrected chi connectivity index (χ4v) is 5.14. The molecular formula is C20H25NO4S. The molecule has 0 amide bonds. The second-order valence-corrected chi connectivity index (χ2v) is 8.28. The third-order valence-corrected chi connectivity index (χ3v) is 6.86. The van der Waals surface area contributed by atoms with Crippen molar-refractivity contribution in [3.05, 3.63) is 53.6 Å². The minimum Gasteiger partial charge on any atom is -0.493 e. The zero-order chi connectivity index (χ0) is 18.7. The third-order valence-electron chi connectivity index (χ3n) is 4.93. The average Bonchev–Trinajstić information content (AvgIpc) is 3.18.